The summed E-state index contributed by atoms with van der Waals surface area (Å²) in [4.78, 5) is 0. The van der Waals surface area contributed by atoms with Crippen LogP contribution in [0, 0.1) is 0 Å². The van der Waals surface area contributed by atoms with Crippen LogP contribution in [0.15, 0.2) is 48.5 Å². The molecule has 0 fully saturated rings. The molecule has 0 saturated carbocycles. The van der Waals surface area contributed by atoms with Crippen LogP contribution in [-0.4, -0.2) is 38.7 Å². The topological polar surface area (TPSA) is 77.4 Å². The summed E-state index contributed by atoms with van der Waals surface area (Å²) in [5.41, 5.74) is 1.95. The molecule has 6 nitrogen and oxygen atoms in total. The third-order valence-corrected chi connectivity index (χ3v) is 4.52. The Morgan fingerprint density at radius 2 is 0.821 bits per heavy atom. The van der Waals surface area contributed by atoms with Gasteiger partial charge in [-0.3, -0.25) is 0 Å². The van der Waals surface area contributed by atoms with Gasteiger partial charge in [-0.25, -0.2) is 0 Å². The van der Waals surface area contributed by atoms with E-state index in [-0.39, 0.29) is 23.0 Å². The number of hydrogen-bond acceptors (Lipinski definition) is 6. The molecule has 28 heavy (non-hydrogen) atoms. The fourth-order valence-electron chi connectivity index (χ4n) is 3.13. The minimum absolute atomic E-state index is 0.131. The summed E-state index contributed by atoms with van der Waals surface area (Å²) in [5.74, 6) is 1.38. The van der Waals surface area contributed by atoms with Gasteiger partial charge < -0.3 is 29.2 Å². The van der Waals surface area contributed by atoms with Gasteiger partial charge in [0, 0.05) is 0 Å². The summed E-state index contributed by atoms with van der Waals surface area (Å²) in [5, 5.41) is 22.0. The number of phenols is 2. The van der Waals surface area contributed by atoms with E-state index in [4.69, 9.17) is 18.9 Å². The van der Waals surface area contributed by atoms with Crippen LogP contribution in [0.3, 0.4) is 0 Å². The number of hydrogen-bond donors (Lipinski definition) is 2. The van der Waals surface area contributed by atoms with Gasteiger partial charge in [0.25, 0.3) is 0 Å². The molecular formula is C22H22O6. The van der Waals surface area contributed by atoms with E-state index in [0.29, 0.717) is 33.8 Å². The summed E-state index contributed by atoms with van der Waals surface area (Å²) in [6, 6.07) is 14.1. The van der Waals surface area contributed by atoms with Crippen LogP contribution in [-0.2, 0) is 0 Å². The Labute approximate surface area is 163 Å². The van der Waals surface area contributed by atoms with Gasteiger partial charge in [0.15, 0.2) is 23.0 Å². The molecule has 146 valence electrons. The third-order valence-electron chi connectivity index (χ3n) is 4.52. The number of rotatable bonds is 6. The van der Waals surface area contributed by atoms with Crippen molar-refractivity contribution < 1.29 is 29.2 Å². The van der Waals surface area contributed by atoms with E-state index in [0.717, 1.165) is 0 Å². The maximum atomic E-state index is 11.0. The third kappa shape index (κ3) is 3.24. The maximum Gasteiger partial charge on any atom is 0.172 e. The molecule has 0 heterocycles. The zero-order valence-corrected chi connectivity index (χ0v) is 16.1. The van der Waals surface area contributed by atoms with Crippen LogP contribution in [0.5, 0.6) is 34.5 Å². The molecule has 2 N–H and O–H groups in total. The van der Waals surface area contributed by atoms with Gasteiger partial charge in [-0.1, -0.05) is 24.3 Å². The van der Waals surface area contributed by atoms with E-state index in [1.807, 2.05) is 0 Å². The van der Waals surface area contributed by atoms with Gasteiger partial charge in [0.1, 0.15) is 11.5 Å². The average Bonchev–Trinajstić information content (AvgIpc) is 2.74. The number of aromatic hydroxyl groups is 2. The second-order valence-corrected chi connectivity index (χ2v) is 5.97. The number of ether oxygens (including phenoxy) is 4. The van der Waals surface area contributed by atoms with E-state index < -0.39 is 0 Å². The minimum Gasteiger partial charge on any atom is -0.504 e. The molecule has 0 bridgehead atoms. The molecule has 3 aromatic carbocycles. The van der Waals surface area contributed by atoms with E-state index in [2.05, 4.69) is 0 Å². The monoisotopic (exact) mass is 382 g/mol. The zero-order valence-electron chi connectivity index (χ0n) is 16.1. The van der Waals surface area contributed by atoms with Crippen molar-refractivity contribution in [2.75, 3.05) is 28.4 Å². The van der Waals surface area contributed by atoms with Gasteiger partial charge in [0.05, 0.1) is 39.6 Å². The van der Waals surface area contributed by atoms with Crippen molar-refractivity contribution in [2.45, 2.75) is 0 Å². The highest BCUT2D eigenvalue weighted by atomic mass is 16.5. The SMILES string of the molecule is COc1ccc(-c2c(O)c(OC)c(-c3ccc(OC)cc3)c(O)c2OC)cc1. The van der Waals surface area contributed by atoms with Crippen molar-refractivity contribution in [3.8, 4) is 56.8 Å². The van der Waals surface area contributed by atoms with Crippen molar-refractivity contribution >= 4 is 0 Å². The van der Waals surface area contributed by atoms with Crippen LogP contribution in [0.25, 0.3) is 22.3 Å². The number of phenolic OH excluding ortho intramolecular Hbond substituents is 2. The summed E-state index contributed by atoms with van der Waals surface area (Å²) >= 11 is 0. The number of benzene rings is 3. The predicted octanol–water partition coefficient (Wildman–Crippen LogP) is 4.47. The fourth-order valence-corrected chi connectivity index (χ4v) is 3.13. The van der Waals surface area contributed by atoms with Crippen molar-refractivity contribution in [3.63, 3.8) is 0 Å². The lowest BCUT2D eigenvalue weighted by Crippen LogP contribution is -1.97. The van der Waals surface area contributed by atoms with Crippen LogP contribution in [0.4, 0.5) is 0 Å². The molecular weight excluding hydrogens is 360 g/mol. The first-order valence-corrected chi connectivity index (χ1v) is 8.54. The molecule has 0 aliphatic heterocycles. The highest BCUT2D eigenvalue weighted by Crippen LogP contribution is 2.55. The smallest absolute Gasteiger partial charge is 0.172 e. The zero-order chi connectivity index (χ0) is 20.3. The van der Waals surface area contributed by atoms with E-state index in [9.17, 15) is 10.2 Å². The summed E-state index contributed by atoms with van der Waals surface area (Å²) in [6.45, 7) is 0. The predicted molar refractivity (Wildman–Crippen MR) is 107 cm³/mol. The van der Waals surface area contributed by atoms with Crippen LogP contribution in [0.2, 0.25) is 0 Å². The van der Waals surface area contributed by atoms with Crippen molar-refractivity contribution in [1.29, 1.82) is 0 Å². The molecule has 0 aliphatic rings. The Morgan fingerprint density at radius 1 is 0.500 bits per heavy atom. The van der Waals surface area contributed by atoms with Gasteiger partial charge in [-0.05, 0) is 35.4 Å². The molecule has 3 rings (SSSR count). The molecule has 0 unspecified atom stereocenters. The maximum absolute atomic E-state index is 11.0. The van der Waals surface area contributed by atoms with E-state index in [1.54, 1.807) is 62.8 Å². The Morgan fingerprint density at radius 3 is 1.07 bits per heavy atom. The minimum atomic E-state index is -0.131. The first-order chi connectivity index (χ1) is 13.5. The Hall–Kier alpha value is -3.54. The summed E-state index contributed by atoms with van der Waals surface area (Å²) in [6.07, 6.45) is 0. The van der Waals surface area contributed by atoms with E-state index in [1.165, 1.54) is 14.2 Å². The molecule has 0 saturated heterocycles. The van der Waals surface area contributed by atoms with Crippen LogP contribution in [0.1, 0.15) is 0 Å². The van der Waals surface area contributed by atoms with Crippen molar-refractivity contribution in [3.05, 3.63) is 48.5 Å². The Kier molecular flexibility index (Phi) is 5.49. The average molecular weight is 382 g/mol. The molecule has 3 aromatic rings. The molecule has 0 spiro atoms. The first-order valence-electron chi connectivity index (χ1n) is 8.54. The molecule has 0 aliphatic carbocycles. The lowest BCUT2D eigenvalue weighted by atomic mass is 9.95. The Bertz CT molecular complexity index is 881. The van der Waals surface area contributed by atoms with Gasteiger partial charge in [0.2, 0.25) is 0 Å². The van der Waals surface area contributed by atoms with Gasteiger partial charge in [-0.2, -0.15) is 0 Å². The quantitative estimate of drug-likeness (QED) is 0.613. The highest BCUT2D eigenvalue weighted by Gasteiger charge is 2.27. The van der Waals surface area contributed by atoms with Gasteiger partial charge >= 0.3 is 0 Å². The Balaban J connectivity index is 2.26. The molecule has 0 atom stereocenters. The second kappa shape index (κ2) is 8.00. The number of methoxy groups -OCH3 is 4. The van der Waals surface area contributed by atoms with E-state index >= 15 is 0 Å². The lowest BCUT2D eigenvalue weighted by Gasteiger charge is -2.20. The normalized spacial score (nSPS) is 10.4. The lowest BCUT2D eigenvalue weighted by molar-refractivity contribution is 0.351. The van der Waals surface area contributed by atoms with Crippen LogP contribution < -0.4 is 18.9 Å². The first kappa shape index (κ1) is 19.2. The fraction of sp³-hybridized carbons (Fsp3) is 0.182. The molecule has 6 heteroatoms. The summed E-state index contributed by atoms with van der Waals surface area (Å²) in [7, 11) is 6.02. The summed E-state index contributed by atoms with van der Waals surface area (Å²) < 4.78 is 21.3. The standard InChI is InChI=1S/C22H22O6/c1-25-15-9-5-13(6-10-15)17-19(23)22(28-4)18(20(24)21(17)27-3)14-7-11-16(26-2)12-8-14/h5-12,23-24H,1-4H3. The van der Waals surface area contributed by atoms with Gasteiger partial charge in [-0.15, -0.1) is 0 Å². The molecule has 0 amide bonds. The largest absolute Gasteiger partial charge is 0.504 e. The molecule has 0 aromatic heterocycles. The van der Waals surface area contributed by atoms with Crippen LogP contribution >= 0.6 is 0 Å². The second-order valence-electron chi connectivity index (χ2n) is 5.97. The van der Waals surface area contributed by atoms with Crippen molar-refractivity contribution in [2.24, 2.45) is 0 Å². The van der Waals surface area contributed by atoms with Crippen molar-refractivity contribution in [1.82, 2.24) is 0 Å². The highest BCUT2D eigenvalue weighted by molar-refractivity contribution is 5.92. The molecule has 0 radical (unpaired) electrons.